The Morgan fingerprint density at radius 1 is 1.12 bits per heavy atom. The van der Waals surface area contributed by atoms with Gasteiger partial charge in [0, 0.05) is 44.9 Å². The Balaban J connectivity index is 2.19. The molecule has 1 aliphatic heterocycles. The Morgan fingerprint density at radius 2 is 1.71 bits per heavy atom. The second-order valence-electron chi connectivity index (χ2n) is 4.81. The van der Waals surface area contributed by atoms with Crippen molar-refractivity contribution >= 4 is 24.5 Å². The van der Waals surface area contributed by atoms with Crippen LogP contribution in [0.2, 0.25) is 0 Å². The van der Waals surface area contributed by atoms with Gasteiger partial charge in [0.1, 0.15) is 5.78 Å². The first-order chi connectivity index (χ1) is 8.00. The quantitative estimate of drug-likeness (QED) is 0.757. The first kappa shape index (κ1) is 14.5. The molecule has 0 unspecified atom stereocenters. The van der Waals surface area contributed by atoms with Crippen LogP contribution in [0.25, 0.3) is 0 Å². The molecule has 1 fully saturated rings. The number of amides is 1. The van der Waals surface area contributed by atoms with Gasteiger partial charge in [-0.3, -0.25) is 9.59 Å². The minimum absolute atomic E-state index is 0.0813. The first-order valence-electron chi connectivity index (χ1n) is 6.25. The van der Waals surface area contributed by atoms with Crippen LogP contribution in [0.1, 0.15) is 33.1 Å². The molecule has 98 valence electrons. The summed E-state index contributed by atoms with van der Waals surface area (Å²) in [4.78, 5) is 25.1. The van der Waals surface area contributed by atoms with E-state index in [-0.39, 0.29) is 17.6 Å². The second kappa shape index (κ2) is 7.01. The molecule has 0 atom stereocenters. The Bertz CT molecular complexity index is 274. The minimum atomic E-state index is 0.0813. The number of piperazine rings is 1. The molecule has 0 radical (unpaired) electrons. The number of nitrogens with zero attached hydrogens (tertiary/aromatic N) is 2. The van der Waals surface area contributed by atoms with Crippen molar-refractivity contribution < 1.29 is 9.59 Å². The number of rotatable bonds is 5. The molecule has 1 heterocycles. The summed E-state index contributed by atoms with van der Waals surface area (Å²) in [6.07, 6.45) is 1.69. The molecule has 17 heavy (non-hydrogen) atoms. The Morgan fingerprint density at radius 3 is 2.24 bits per heavy atom. The highest BCUT2D eigenvalue weighted by atomic mass is 32.1. The highest BCUT2D eigenvalue weighted by Gasteiger charge is 2.19. The van der Waals surface area contributed by atoms with E-state index in [9.17, 15) is 9.59 Å². The highest BCUT2D eigenvalue weighted by Crippen LogP contribution is 2.09. The van der Waals surface area contributed by atoms with Crippen LogP contribution in [-0.2, 0) is 9.59 Å². The predicted octanol–water partition coefficient (Wildman–Crippen LogP) is 1.37. The highest BCUT2D eigenvalue weighted by molar-refractivity contribution is 7.77. The standard InChI is InChI=1S/C12H22N2O2S/c1-10(2)11(15)4-3-5-12(16)13-6-8-14(17)9-7-13/h10,17H,3-9H2,1-2H3. The van der Waals surface area contributed by atoms with Gasteiger partial charge in [0.2, 0.25) is 5.91 Å². The summed E-state index contributed by atoms with van der Waals surface area (Å²) < 4.78 is 1.92. The molecule has 0 aromatic heterocycles. The number of carbonyl (C=O) groups is 2. The zero-order valence-corrected chi connectivity index (χ0v) is 11.6. The van der Waals surface area contributed by atoms with Crippen LogP contribution >= 0.6 is 12.8 Å². The fraction of sp³-hybridized carbons (Fsp3) is 0.833. The lowest BCUT2D eigenvalue weighted by atomic mass is 10.0. The van der Waals surface area contributed by atoms with Crippen LogP contribution in [0.5, 0.6) is 0 Å². The van der Waals surface area contributed by atoms with E-state index in [1.807, 2.05) is 23.1 Å². The number of hydrogen-bond acceptors (Lipinski definition) is 4. The van der Waals surface area contributed by atoms with Crippen molar-refractivity contribution in [3.05, 3.63) is 0 Å². The lowest BCUT2D eigenvalue weighted by Gasteiger charge is -2.31. The first-order valence-corrected chi connectivity index (χ1v) is 6.65. The van der Waals surface area contributed by atoms with Gasteiger partial charge in [-0.15, -0.1) is 0 Å². The van der Waals surface area contributed by atoms with E-state index >= 15 is 0 Å². The lowest BCUT2D eigenvalue weighted by molar-refractivity contribution is -0.132. The maximum absolute atomic E-state index is 11.8. The summed E-state index contributed by atoms with van der Waals surface area (Å²) in [7, 11) is 0. The summed E-state index contributed by atoms with van der Waals surface area (Å²) in [5, 5.41) is 0. The van der Waals surface area contributed by atoms with Gasteiger partial charge < -0.3 is 4.90 Å². The van der Waals surface area contributed by atoms with Crippen LogP contribution in [0.15, 0.2) is 0 Å². The van der Waals surface area contributed by atoms with Gasteiger partial charge in [0.15, 0.2) is 0 Å². The smallest absolute Gasteiger partial charge is 0.222 e. The van der Waals surface area contributed by atoms with Gasteiger partial charge in [-0.25, -0.2) is 4.31 Å². The van der Waals surface area contributed by atoms with Gasteiger partial charge in [0.05, 0.1) is 0 Å². The molecule has 5 heteroatoms. The lowest BCUT2D eigenvalue weighted by Crippen LogP contribution is -2.45. The van der Waals surface area contributed by atoms with Crippen molar-refractivity contribution in [2.75, 3.05) is 26.2 Å². The van der Waals surface area contributed by atoms with Crippen LogP contribution in [0, 0.1) is 5.92 Å². The van der Waals surface area contributed by atoms with E-state index in [0.717, 1.165) is 26.2 Å². The largest absolute Gasteiger partial charge is 0.340 e. The third kappa shape index (κ3) is 5.08. The summed E-state index contributed by atoms with van der Waals surface area (Å²) in [5.41, 5.74) is 0. The zero-order chi connectivity index (χ0) is 12.8. The molecular formula is C12H22N2O2S. The van der Waals surface area contributed by atoms with E-state index in [1.54, 1.807) is 0 Å². The molecule has 1 aliphatic rings. The fourth-order valence-electron chi connectivity index (χ4n) is 1.81. The van der Waals surface area contributed by atoms with Gasteiger partial charge in [0.25, 0.3) is 0 Å². The summed E-state index contributed by atoms with van der Waals surface area (Å²) >= 11 is 4.24. The van der Waals surface area contributed by atoms with Crippen molar-refractivity contribution in [3.63, 3.8) is 0 Å². The maximum Gasteiger partial charge on any atom is 0.222 e. The molecule has 0 bridgehead atoms. The zero-order valence-electron chi connectivity index (χ0n) is 10.7. The molecule has 1 rings (SSSR count). The monoisotopic (exact) mass is 258 g/mol. The van der Waals surface area contributed by atoms with E-state index in [4.69, 9.17) is 0 Å². The number of Topliss-reactive ketones (excluding diaryl/α,β-unsaturated/α-hetero) is 1. The minimum Gasteiger partial charge on any atom is -0.340 e. The van der Waals surface area contributed by atoms with E-state index in [2.05, 4.69) is 12.8 Å². The molecular weight excluding hydrogens is 236 g/mol. The molecule has 0 aromatic rings. The average Bonchev–Trinajstić information content (AvgIpc) is 2.29. The Hall–Kier alpha value is -0.550. The van der Waals surface area contributed by atoms with E-state index in [0.29, 0.717) is 19.3 Å². The Kier molecular flexibility index (Phi) is 5.98. The second-order valence-corrected chi connectivity index (χ2v) is 5.37. The molecule has 0 N–H and O–H groups in total. The third-order valence-electron chi connectivity index (χ3n) is 3.07. The van der Waals surface area contributed by atoms with Crippen molar-refractivity contribution in [2.45, 2.75) is 33.1 Å². The van der Waals surface area contributed by atoms with Crippen molar-refractivity contribution in [1.29, 1.82) is 0 Å². The van der Waals surface area contributed by atoms with Gasteiger partial charge in [-0.2, -0.15) is 0 Å². The molecule has 1 amide bonds. The maximum atomic E-state index is 11.8. The number of thiol groups is 1. The van der Waals surface area contributed by atoms with Gasteiger partial charge in [-0.1, -0.05) is 26.7 Å². The van der Waals surface area contributed by atoms with Crippen LogP contribution < -0.4 is 0 Å². The van der Waals surface area contributed by atoms with Crippen LogP contribution in [0.4, 0.5) is 0 Å². The van der Waals surface area contributed by atoms with Crippen molar-refractivity contribution in [3.8, 4) is 0 Å². The number of hydrogen-bond donors (Lipinski definition) is 1. The molecule has 0 saturated carbocycles. The fourth-order valence-corrected chi connectivity index (χ4v) is 1.98. The van der Waals surface area contributed by atoms with Gasteiger partial charge >= 0.3 is 0 Å². The number of carbonyl (C=O) groups excluding carboxylic acids is 2. The van der Waals surface area contributed by atoms with Crippen LogP contribution in [0.3, 0.4) is 0 Å². The predicted molar refractivity (Wildman–Crippen MR) is 70.8 cm³/mol. The molecule has 1 saturated heterocycles. The van der Waals surface area contributed by atoms with Crippen molar-refractivity contribution in [2.24, 2.45) is 5.92 Å². The van der Waals surface area contributed by atoms with E-state index in [1.165, 1.54) is 0 Å². The average molecular weight is 258 g/mol. The molecule has 0 aliphatic carbocycles. The normalized spacial score (nSPS) is 17.5. The summed E-state index contributed by atoms with van der Waals surface area (Å²) in [6.45, 7) is 6.94. The topological polar surface area (TPSA) is 40.6 Å². The van der Waals surface area contributed by atoms with E-state index < -0.39 is 0 Å². The van der Waals surface area contributed by atoms with Crippen molar-refractivity contribution in [1.82, 2.24) is 9.21 Å². The molecule has 4 nitrogen and oxygen atoms in total. The summed E-state index contributed by atoms with van der Waals surface area (Å²) in [5.74, 6) is 0.499. The van der Waals surface area contributed by atoms with Crippen LogP contribution in [-0.4, -0.2) is 47.1 Å². The van der Waals surface area contributed by atoms with Gasteiger partial charge in [-0.05, 0) is 6.42 Å². The molecule has 0 aromatic carbocycles. The third-order valence-corrected chi connectivity index (χ3v) is 3.47. The SMILES string of the molecule is CC(C)C(=O)CCCC(=O)N1CCN(S)CC1. The Labute approximate surface area is 109 Å². The molecule has 0 spiro atoms. The summed E-state index contributed by atoms with van der Waals surface area (Å²) in [6, 6.07) is 0. The number of ketones is 1.